The quantitative estimate of drug-likeness (QED) is 0.0196. The summed E-state index contributed by atoms with van der Waals surface area (Å²) < 4.78 is 54.3. The smallest absolute Gasteiger partial charge is 0.306 e. The van der Waals surface area contributed by atoms with Crippen LogP contribution in [-0.4, -0.2) is 96.0 Å². The van der Waals surface area contributed by atoms with Crippen molar-refractivity contribution in [3.05, 3.63) is 24.3 Å². The molecule has 13 heteroatoms. The topological polar surface area (TPSA) is 186 Å². The van der Waals surface area contributed by atoms with Crippen molar-refractivity contribution >= 4 is 22.1 Å². The second-order valence-corrected chi connectivity index (χ2v) is 21.1. The minimum absolute atomic E-state index is 0.108. The molecule has 2 unspecified atom stereocenters. The zero-order valence-corrected chi connectivity index (χ0v) is 44.0. The lowest BCUT2D eigenvalue weighted by atomic mass is 10.00. The van der Waals surface area contributed by atoms with E-state index in [2.05, 4.69) is 38.2 Å². The molecule has 400 valence electrons. The van der Waals surface area contributed by atoms with Crippen molar-refractivity contribution in [2.45, 2.75) is 295 Å². The van der Waals surface area contributed by atoms with E-state index in [1.807, 2.05) is 0 Å². The number of unbranched alkanes of at least 4 members (excludes halogenated alkanes) is 32. The van der Waals surface area contributed by atoms with Gasteiger partial charge in [0.05, 0.1) is 6.61 Å². The van der Waals surface area contributed by atoms with Crippen molar-refractivity contribution in [2.24, 2.45) is 0 Å². The zero-order valence-electron chi connectivity index (χ0n) is 43.2. The lowest BCUT2D eigenvalue weighted by Gasteiger charge is -2.40. The number of esters is 2. The van der Waals surface area contributed by atoms with Crippen molar-refractivity contribution in [2.75, 3.05) is 19.0 Å². The fourth-order valence-electron chi connectivity index (χ4n) is 8.70. The Balaban J connectivity index is 2.35. The predicted molar refractivity (Wildman–Crippen MR) is 275 cm³/mol. The largest absolute Gasteiger partial charge is 0.462 e. The van der Waals surface area contributed by atoms with E-state index in [1.54, 1.807) is 0 Å². The number of aliphatic hydroxyl groups is 3. The molecule has 0 amide bonds. The molecule has 6 atom stereocenters. The molecule has 68 heavy (non-hydrogen) atoms. The number of allylic oxidation sites excluding steroid dienone is 4. The molecule has 0 bridgehead atoms. The fourth-order valence-corrected chi connectivity index (χ4v) is 9.39. The summed E-state index contributed by atoms with van der Waals surface area (Å²) in [6.45, 7) is 3.78. The number of ether oxygens (including phenoxy) is 4. The third-order valence-electron chi connectivity index (χ3n) is 13.0. The van der Waals surface area contributed by atoms with Gasteiger partial charge >= 0.3 is 11.9 Å². The Labute approximate surface area is 415 Å². The predicted octanol–water partition coefficient (Wildman–Crippen LogP) is 13.1. The van der Waals surface area contributed by atoms with Crippen LogP contribution in [0.4, 0.5) is 0 Å². The van der Waals surface area contributed by atoms with E-state index in [4.69, 9.17) is 18.9 Å². The average Bonchev–Trinajstić information content (AvgIpc) is 3.31. The van der Waals surface area contributed by atoms with Crippen molar-refractivity contribution in [1.29, 1.82) is 0 Å². The molecule has 0 aromatic rings. The van der Waals surface area contributed by atoms with Crippen LogP contribution < -0.4 is 0 Å². The van der Waals surface area contributed by atoms with Crippen LogP contribution in [-0.2, 0) is 38.7 Å². The Morgan fingerprint density at radius 1 is 0.485 bits per heavy atom. The van der Waals surface area contributed by atoms with Gasteiger partial charge in [-0.05, 0) is 44.9 Å². The minimum atomic E-state index is -4.61. The highest BCUT2D eigenvalue weighted by Crippen LogP contribution is 2.24. The van der Waals surface area contributed by atoms with Crippen LogP contribution >= 0.6 is 0 Å². The Hall–Kier alpha value is -1.87. The summed E-state index contributed by atoms with van der Waals surface area (Å²) in [4.78, 5) is 25.5. The van der Waals surface area contributed by atoms with Gasteiger partial charge in [0.1, 0.15) is 36.8 Å². The molecule has 1 aliphatic rings. The Bertz CT molecular complexity index is 1340. The van der Waals surface area contributed by atoms with E-state index in [0.717, 1.165) is 38.5 Å². The van der Waals surface area contributed by atoms with Crippen LogP contribution in [0.15, 0.2) is 24.3 Å². The zero-order chi connectivity index (χ0) is 49.8. The van der Waals surface area contributed by atoms with E-state index >= 15 is 0 Å². The molecule has 1 saturated heterocycles. The summed E-state index contributed by atoms with van der Waals surface area (Å²) >= 11 is 0. The van der Waals surface area contributed by atoms with Crippen molar-refractivity contribution in [3.63, 3.8) is 0 Å². The average molecular weight is 987 g/mol. The van der Waals surface area contributed by atoms with Crippen molar-refractivity contribution in [1.82, 2.24) is 0 Å². The van der Waals surface area contributed by atoms with E-state index < -0.39 is 71.2 Å². The van der Waals surface area contributed by atoms with E-state index in [1.165, 1.54) is 173 Å². The van der Waals surface area contributed by atoms with Gasteiger partial charge in [-0.15, -0.1) is 0 Å². The molecule has 0 aromatic carbocycles. The second kappa shape index (κ2) is 45.0. The number of hydrogen-bond donors (Lipinski definition) is 4. The fraction of sp³-hybridized carbons (Fsp3) is 0.891. The maximum absolute atomic E-state index is 12.9. The highest BCUT2D eigenvalue weighted by molar-refractivity contribution is 7.85. The van der Waals surface area contributed by atoms with Crippen LogP contribution in [0, 0.1) is 0 Å². The summed E-state index contributed by atoms with van der Waals surface area (Å²) in [5.74, 6) is -2.02. The number of rotatable bonds is 48. The molecule has 1 heterocycles. The van der Waals surface area contributed by atoms with Gasteiger partial charge in [0, 0.05) is 12.8 Å². The number of carbonyl (C=O) groups is 2. The molecule has 0 aliphatic carbocycles. The normalized spacial score (nSPS) is 19.3. The summed E-state index contributed by atoms with van der Waals surface area (Å²) in [5.41, 5.74) is 0. The molecule has 1 fully saturated rings. The maximum atomic E-state index is 12.9. The third-order valence-corrected chi connectivity index (χ3v) is 13.8. The molecule has 0 aromatic heterocycles. The van der Waals surface area contributed by atoms with Crippen LogP contribution in [0.1, 0.15) is 258 Å². The molecule has 0 saturated carbocycles. The van der Waals surface area contributed by atoms with Gasteiger partial charge in [-0.25, -0.2) is 0 Å². The van der Waals surface area contributed by atoms with Gasteiger partial charge in [-0.1, -0.05) is 224 Å². The van der Waals surface area contributed by atoms with Crippen LogP contribution in [0.5, 0.6) is 0 Å². The standard InChI is InChI=1S/C55H102O12S/c1-3-5-7-9-11-13-15-17-19-21-22-23-24-25-26-28-30-32-34-36-38-40-42-44-51(57)66-48(46-65-55-54(60)53(59)52(58)49(67-55)47-68(61,62)63)45-64-50(56)43-41-39-37-35-33-31-29-27-20-18-16-14-12-10-8-6-4-2/h28,30,36,38,48-49,52-55,58-60H,3-27,29,31-35,37,39-47H2,1-2H3,(H,61,62,63)/b30-28+,38-36+/t48-,49-,52-,53?,54?,55+/m1/s1. The molecule has 4 N–H and O–H groups in total. The number of hydrogen-bond acceptors (Lipinski definition) is 11. The molecule has 1 aliphatic heterocycles. The highest BCUT2D eigenvalue weighted by Gasteiger charge is 2.46. The summed E-state index contributed by atoms with van der Waals surface area (Å²) in [7, 11) is -4.61. The molecular weight excluding hydrogens is 885 g/mol. The summed E-state index contributed by atoms with van der Waals surface area (Å²) in [6.07, 6.45) is 43.8. The second-order valence-electron chi connectivity index (χ2n) is 19.6. The first-order valence-corrected chi connectivity index (χ1v) is 29.5. The first-order valence-electron chi connectivity index (χ1n) is 27.9. The molecule has 1 rings (SSSR count). The van der Waals surface area contributed by atoms with Crippen molar-refractivity contribution in [3.8, 4) is 0 Å². The SMILES string of the molecule is CCCCCCCCCCCCCCCC/C=C/CC/C=C/CCCC(=O)O[C@H](COC(=O)CCCCCCCCCCCCCCCCCCC)CO[C@H]1O[C@H](CS(=O)(=O)O)[C@@H](O)C(O)C1O. The van der Waals surface area contributed by atoms with E-state index in [0.29, 0.717) is 19.3 Å². The molecule has 0 spiro atoms. The third kappa shape index (κ3) is 38.8. The van der Waals surface area contributed by atoms with Crippen LogP contribution in [0.3, 0.4) is 0 Å². The minimum Gasteiger partial charge on any atom is -0.462 e. The van der Waals surface area contributed by atoms with Gasteiger partial charge < -0.3 is 34.3 Å². The molecule has 12 nitrogen and oxygen atoms in total. The maximum Gasteiger partial charge on any atom is 0.306 e. The van der Waals surface area contributed by atoms with Crippen LogP contribution in [0.2, 0.25) is 0 Å². The molecular formula is C55H102O12S. The first kappa shape index (κ1) is 64.1. The first-order chi connectivity index (χ1) is 33.0. The number of carbonyl (C=O) groups excluding carboxylic acids is 2. The number of aliphatic hydroxyl groups excluding tert-OH is 3. The van der Waals surface area contributed by atoms with Gasteiger partial charge in [-0.2, -0.15) is 8.42 Å². The van der Waals surface area contributed by atoms with Crippen LogP contribution in [0.25, 0.3) is 0 Å². The van der Waals surface area contributed by atoms with Gasteiger partial charge in [-0.3, -0.25) is 14.1 Å². The van der Waals surface area contributed by atoms with Crippen molar-refractivity contribution < 1.29 is 56.8 Å². The van der Waals surface area contributed by atoms with Gasteiger partial charge in [0.15, 0.2) is 12.4 Å². The molecule has 0 radical (unpaired) electrons. The lowest BCUT2D eigenvalue weighted by molar-refractivity contribution is -0.297. The Kier molecular flexibility index (Phi) is 42.5. The van der Waals surface area contributed by atoms with E-state index in [9.17, 15) is 37.9 Å². The van der Waals surface area contributed by atoms with Gasteiger partial charge in [0.2, 0.25) is 0 Å². The van der Waals surface area contributed by atoms with E-state index in [-0.39, 0.29) is 19.4 Å². The Morgan fingerprint density at radius 2 is 0.868 bits per heavy atom. The summed E-state index contributed by atoms with van der Waals surface area (Å²) in [5, 5.41) is 31.0. The Morgan fingerprint density at radius 3 is 1.31 bits per heavy atom. The lowest BCUT2D eigenvalue weighted by Crippen LogP contribution is -2.60. The van der Waals surface area contributed by atoms with Gasteiger partial charge in [0.25, 0.3) is 10.1 Å². The highest BCUT2D eigenvalue weighted by atomic mass is 32.2. The summed E-state index contributed by atoms with van der Waals surface area (Å²) in [6, 6.07) is 0. The monoisotopic (exact) mass is 987 g/mol.